The van der Waals surface area contributed by atoms with Gasteiger partial charge in [0.05, 0.1) is 12.6 Å². The smallest absolute Gasteiger partial charge is 0.290 e. The second-order valence-electron chi connectivity index (χ2n) is 6.42. The molecule has 0 aliphatic carbocycles. The molecule has 2 amide bonds. The number of imidazole rings is 1. The van der Waals surface area contributed by atoms with Crippen LogP contribution in [0.5, 0.6) is 5.75 Å². The molecule has 1 saturated heterocycles. The highest BCUT2D eigenvalue weighted by Gasteiger charge is 2.26. The Balaban J connectivity index is 1.66. The van der Waals surface area contributed by atoms with Crippen LogP contribution in [0.4, 0.5) is 5.69 Å². The Hall–Kier alpha value is -3.35. The van der Waals surface area contributed by atoms with Gasteiger partial charge in [0, 0.05) is 25.0 Å². The van der Waals surface area contributed by atoms with E-state index in [0.717, 1.165) is 25.9 Å². The molecule has 2 aromatic heterocycles. The number of anilines is 1. The fourth-order valence-corrected chi connectivity index (χ4v) is 3.28. The largest absolute Gasteiger partial charge is 0.497 e. The lowest BCUT2D eigenvalue weighted by Crippen LogP contribution is -2.29. The maximum atomic E-state index is 12.8. The number of benzene rings is 1. The Morgan fingerprint density at radius 2 is 1.81 bits per heavy atom. The summed E-state index contributed by atoms with van der Waals surface area (Å²) < 4.78 is 6.81. The quantitative estimate of drug-likeness (QED) is 0.772. The van der Waals surface area contributed by atoms with E-state index in [9.17, 15) is 9.59 Å². The van der Waals surface area contributed by atoms with Crippen molar-refractivity contribution < 1.29 is 14.3 Å². The van der Waals surface area contributed by atoms with Crippen molar-refractivity contribution in [1.29, 1.82) is 0 Å². The molecule has 7 heteroatoms. The van der Waals surface area contributed by atoms with Gasteiger partial charge in [-0.3, -0.25) is 14.0 Å². The zero-order valence-electron chi connectivity index (χ0n) is 15.0. The van der Waals surface area contributed by atoms with Crippen LogP contribution in [0.25, 0.3) is 5.52 Å². The Bertz CT molecular complexity index is 988. The lowest BCUT2D eigenvalue weighted by molar-refractivity contribution is 0.0780. The van der Waals surface area contributed by atoms with Crippen molar-refractivity contribution in [2.45, 2.75) is 12.8 Å². The summed E-state index contributed by atoms with van der Waals surface area (Å²) in [6.45, 7) is 1.46. The molecular formula is C20H20N4O3. The third-order valence-electron chi connectivity index (χ3n) is 4.70. The number of hydrogen-bond acceptors (Lipinski definition) is 4. The van der Waals surface area contributed by atoms with E-state index in [4.69, 9.17) is 4.74 Å². The second-order valence-corrected chi connectivity index (χ2v) is 6.42. The molecule has 1 aliphatic heterocycles. The van der Waals surface area contributed by atoms with Gasteiger partial charge in [-0.15, -0.1) is 0 Å². The zero-order chi connectivity index (χ0) is 18.8. The Kier molecular flexibility index (Phi) is 4.50. The molecule has 1 fully saturated rings. The minimum atomic E-state index is -0.357. The number of fused-ring (bicyclic) bond motifs is 1. The average molecular weight is 364 g/mol. The van der Waals surface area contributed by atoms with Gasteiger partial charge < -0.3 is 15.0 Å². The molecule has 0 saturated carbocycles. The van der Waals surface area contributed by atoms with Gasteiger partial charge in [0.15, 0.2) is 5.69 Å². The summed E-state index contributed by atoms with van der Waals surface area (Å²) in [5.74, 6) is 0.479. The molecule has 0 atom stereocenters. The first kappa shape index (κ1) is 17.1. The zero-order valence-corrected chi connectivity index (χ0v) is 15.0. The molecule has 138 valence electrons. The van der Waals surface area contributed by atoms with E-state index in [1.165, 1.54) is 0 Å². The number of carbonyl (C=O) groups excluding carboxylic acids is 2. The van der Waals surface area contributed by atoms with Gasteiger partial charge in [-0.2, -0.15) is 0 Å². The van der Waals surface area contributed by atoms with E-state index in [2.05, 4.69) is 10.3 Å². The van der Waals surface area contributed by atoms with Gasteiger partial charge in [-0.05, 0) is 49.2 Å². The van der Waals surface area contributed by atoms with Gasteiger partial charge in [-0.1, -0.05) is 6.07 Å². The number of pyridine rings is 1. The highest BCUT2D eigenvalue weighted by molar-refractivity contribution is 6.09. The number of nitrogens with zero attached hydrogens (tertiary/aromatic N) is 3. The molecule has 27 heavy (non-hydrogen) atoms. The molecule has 0 unspecified atom stereocenters. The summed E-state index contributed by atoms with van der Waals surface area (Å²) in [6, 6.07) is 12.5. The summed E-state index contributed by atoms with van der Waals surface area (Å²) >= 11 is 0. The minimum Gasteiger partial charge on any atom is -0.497 e. The van der Waals surface area contributed by atoms with Crippen LogP contribution in [-0.4, -0.2) is 46.3 Å². The van der Waals surface area contributed by atoms with E-state index in [0.29, 0.717) is 17.0 Å². The van der Waals surface area contributed by atoms with Crippen LogP contribution in [0.3, 0.4) is 0 Å². The molecular weight excluding hydrogens is 344 g/mol. The third-order valence-corrected chi connectivity index (χ3v) is 4.70. The van der Waals surface area contributed by atoms with Gasteiger partial charge in [0.1, 0.15) is 5.75 Å². The van der Waals surface area contributed by atoms with Crippen molar-refractivity contribution in [3.05, 3.63) is 60.2 Å². The van der Waals surface area contributed by atoms with Gasteiger partial charge in [-0.25, -0.2) is 4.98 Å². The fraction of sp³-hybridized carbons (Fsp3) is 0.250. The lowest BCUT2D eigenvalue weighted by atomic mass is 10.2. The highest BCUT2D eigenvalue weighted by atomic mass is 16.5. The predicted octanol–water partition coefficient (Wildman–Crippen LogP) is 2.83. The van der Waals surface area contributed by atoms with Crippen molar-refractivity contribution >= 4 is 23.0 Å². The molecule has 3 heterocycles. The number of nitrogens with one attached hydrogen (secondary N) is 1. The van der Waals surface area contributed by atoms with Crippen molar-refractivity contribution in [3.8, 4) is 5.75 Å². The van der Waals surface area contributed by atoms with Crippen LogP contribution in [0.15, 0.2) is 48.7 Å². The van der Waals surface area contributed by atoms with E-state index >= 15 is 0 Å². The number of carbonyl (C=O) groups is 2. The standard InChI is InChI=1S/C20H20N4O3/c1-27-15-9-7-14(8-10-15)21-19(25)17-16-6-2-3-13-24(16)18(22-17)20(26)23-11-4-5-12-23/h2-3,6-10,13H,4-5,11-12H2,1H3,(H,21,25). The molecule has 7 nitrogen and oxygen atoms in total. The molecule has 0 bridgehead atoms. The molecule has 0 radical (unpaired) electrons. The van der Waals surface area contributed by atoms with Crippen molar-refractivity contribution in [3.63, 3.8) is 0 Å². The Labute approximate surface area is 156 Å². The van der Waals surface area contributed by atoms with E-state index in [1.807, 2.05) is 12.1 Å². The summed E-state index contributed by atoms with van der Waals surface area (Å²) in [4.78, 5) is 31.8. The van der Waals surface area contributed by atoms with E-state index in [1.54, 1.807) is 52.9 Å². The molecule has 1 aromatic carbocycles. The summed E-state index contributed by atoms with van der Waals surface area (Å²) in [6.07, 6.45) is 3.76. The van der Waals surface area contributed by atoms with Gasteiger partial charge in [0.25, 0.3) is 11.8 Å². The first-order chi connectivity index (χ1) is 13.2. The number of likely N-dealkylation sites (tertiary alicyclic amines) is 1. The first-order valence-electron chi connectivity index (χ1n) is 8.89. The summed E-state index contributed by atoms with van der Waals surface area (Å²) in [7, 11) is 1.59. The molecule has 3 aromatic rings. The monoisotopic (exact) mass is 364 g/mol. The summed E-state index contributed by atoms with van der Waals surface area (Å²) in [5, 5.41) is 2.83. The molecule has 1 aliphatic rings. The minimum absolute atomic E-state index is 0.141. The lowest BCUT2D eigenvalue weighted by Gasteiger charge is -2.13. The maximum absolute atomic E-state index is 12.8. The number of ether oxygens (including phenoxy) is 1. The van der Waals surface area contributed by atoms with Crippen LogP contribution >= 0.6 is 0 Å². The highest BCUT2D eigenvalue weighted by Crippen LogP contribution is 2.20. The number of amides is 2. The van der Waals surface area contributed by atoms with Crippen molar-refractivity contribution in [2.75, 3.05) is 25.5 Å². The van der Waals surface area contributed by atoms with Crippen LogP contribution in [-0.2, 0) is 0 Å². The normalized spacial score (nSPS) is 13.7. The van der Waals surface area contributed by atoms with Crippen molar-refractivity contribution in [1.82, 2.24) is 14.3 Å². The van der Waals surface area contributed by atoms with Crippen LogP contribution in [0.2, 0.25) is 0 Å². The predicted molar refractivity (Wildman–Crippen MR) is 101 cm³/mol. The topological polar surface area (TPSA) is 75.9 Å². The maximum Gasteiger partial charge on any atom is 0.290 e. The third kappa shape index (κ3) is 3.23. The number of hydrogen-bond donors (Lipinski definition) is 1. The van der Waals surface area contributed by atoms with E-state index in [-0.39, 0.29) is 23.3 Å². The SMILES string of the molecule is COc1ccc(NC(=O)c2nc(C(=O)N3CCCC3)n3ccccc23)cc1. The molecule has 0 spiro atoms. The van der Waals surface area contributed by atoms with E-state index < -0.39 is 0 Å². The molecule has 1 N–H and O–H groups in total. The average Bonchev–Trinajstić information content (AvgIpc) is 3.36. The molecule has 4 rings (SSSR count). The second kappa shape index (κ2) is 7.11. The van der Waals surface area contributed by atoms with Crippen molar-refractivity contribution in [2.24, 2.45) is 0 Å². The first-order valence-corrected chi connectivity index (χ1v) is 8.89. The number of aromatic nitrogens is 2. The number of methoxy groups -OCH3 is 1. The number of rotatable bonds is 4. The van der Waals surface area contributed by atoms with Gasteiger partial charge in [0.2, 0.25) is 5.82 Å². The Morgan fingerprint density at radius 3 is 2.52 bits per heavy atom. The fourth-order valence-electron chi connectivity index (χ4n) is 3.28. The van der Waals surface area contributed by atoms with Gasteiger partial charge >= 0.3 is 0 Å². The Morgan fingerprint density at radius 1 is 1.07 bits per heavy atom. The van der Waals surface area contributed by atoms with Crippen LogP contribution in [0.1, 0.15) is 33.9 Å². The summed E-state index contributed by atoms with van der Waals surface area (Å²) in [5.41, 5.74) is 1.46. The van der Waals surface area contributed by atoms with Crippen LogP contribution < -0.4 is 10.1 Å². The van der Waals surface area contributed by atoms with Crippen LogP contribution in [0, 0.1) is 0 Å².